The molecule has 0 fully saturated rings. The van der Waals surface area contributed by atoms with Gasteiger partial charge in [-0.05, 0) is 57.8 Å². The lowest BCUT2D eigenvalue weighted by Gasteiger charge is -2.18. The van der Waals surface area contributed by atoms with Gasteiger partial charge in [0.05, 0.1) is 6.61 Å². The molecule has 0 bridgehead atoms. The van der Waals surface area contributed by atoms with E-state index in [2.05, 4.69) is 69.4 Å². The number of rotatable bonds is 34. The molecule has 0 aromatic carbocycles. The van der Waals surface area contributed by atoms with E-state index in [9.17, 15) is 9.59 Å². The van der Waals surface area contributed by atoms with Gasteiger partial charge >= 0.3 is 11.9 Å². The van der Waals surface area contributed by atoms with Crippen molar-refractivity contribution >= 4 is 11.9 Å². The molecule has 0 aliphatic carbocycles. The first-order valence-electron chi connectivity index (χ1n) is 19.2. The average Bonchev–Trinajstić information content (AvgIpc) is 3.05. The van der Waals surface area contributed by atoms with Gasteiger partial charge in [0.1, 0.15) is 6.61 Å². The zero-order chi connectivity index (χ0) is 33.6. The van der Waals surface area contributed by atoms with Crippen LogP contribution in [0.3, 0.4) is 0 Å². The van der Waals surface area contributed by atoms with Crippen molar-refractivity contribution in [3.05, 3.63) is 48.6 Å². The first-order valence-corrected chi connectivity index (χ1v) is 19.2. The van der Waals surface area contributed by atoms with Crippen LogP contribution in [-0.4, -0.2) is 37.9 Å². The normalized spacial score (nSPS) is 12.7. The molecule has 0 spiro atoms. The lowest BCUT2D eigenvalue weighted by atomic mass is 10.1. The molecule has 0 aromatic heterocycles. The van der Waals surface area contributed by atoms with Crippen LogP contribution in [0.25, 0.3) is 0 Å². The maximum absolute atomic E-state index is 12.4. The standard InChI is InChI=1S/C41H72O5/c1-4-7-10-13-15-17-19-20-21-22-23-24-26-29-31-34-40(42)45-38-39(46-41(43)35-32-28-12-9-6-3)37-44-36-33-30-27-25-18-16-14-11-8-5-2/h7,10,15,17,20-21,23-24,39H,4-6,8-9,11-14,16,18-19,22,25-38H2,1-3H3/b10-7-,17-15-,21-20-,24-23-. The molecule has 1 atom stereocenters. The Morgan fingerprint density at radius 2 is 0.978 bits per heavy atom. The van der Waals surface area contributed by atoms with E-state index < -0.39 is 6.10 Å². The van der Waals surface area contributed by atoms with Gasteiger partial charge in [-0.3, -0.25) is 9.59 Å². The molecule has 46 heavy (non-hydrogen) atoms. The van der Waals surface area contributed by atoms with Crippen molar-refractivity contribution in [2.45, 2.75) is 181 Å². The van der Waals surface area contributed by atoms with Gasteiger partial charge in [0.25, 0.3) is 0 Å². The van der Waals surface area contributed by atoms with Crippen LogP contribution >= 0.6 is 0 Å². The minimum absolute atomic E-state index is 0.0648. The van der Waals surface area contributed by atoms with E-state index in [4.69, 9.17) is 14.2 Å². The summed E-state index contributed by atoms with van der Waals surface area (Å²) in [7, 11) is 0. The van der Waals surface area contributed by atoms with Crippen LogP contribution < -0.4 is 0 Å². The monoisotopic (exact) mass is 645 g/mol. The summed E-state index contributed by atoms with van der Waals surface area (Å²) in [5.74, 6) is -0.460. The molecule has 0 heterocycles. The van der Waals surface area contributed by atoms with Crippen LogP contribution in [0, 0.1) is 0 Å². The van der Waals surface area contributed by atoms with Crippen LogP contribution in [0.2, 0.25) is 0 Å². The quantitative estimate of drug-likeness (QED) is 0.0396. The summed E-state index contributed by atoms with van der Waals surface area (Å²) < 4.78 is 17.0. The number of carbonyl (C=O) groups is 2. The zero-order valence-corrected chi connectivity index (χ0v) is 30.3. The second-order valence-electron chi connectivity index (χ2n) is 12.5. The van der Waals surface area contributed by atoms with Crippen LogP contribution in [0.15, 0.2) is 48.6 Å². The average molecular weight is 645 g/mol. The topological polar surface area (TPSA) is 61.8 Å². The minimum Gasteiger partial charge on any atom is -0.462 e. The number of esters is 2. The van der Waals surface area contributed by atoms with E-state index >= 15 is 0 Å². The zero-order valence-electron chi connectivity index (χ0n) is 30.3. The van der Waals surface area contributed by atoms with E-state index in [0.29, 0.717) is 19.4 Å². The number of carbonyl (C=O) groups excluding carboxylic acids is 2. The van der Waals surface area contributed by atoms with Crippen LogP contribution in [-0.2, 0) is 23.8 Å². The Balaban J connectivity index is 4.19. The number of hydrogen-bond acceptors (Lipinski definition) is 5. The smallest absolute Gasteiger partial charge is 0.306 e. The van der Waals surface area contributed by atoms with E-state index in [1.807, 2.05) is 0 Å². The van der Waals surface area contributed by atoms with E-state index in [0.717, 1.165) is 77.0 Å². The summed E-state index contributed by atoms with van der Waals surface area (Å²) in [6, 6.07) is 0. The summed E-state index contributed by atoms with van der Waals surface area (Å²) in [5, 5.41) is 0. The molecular weight excluding hydrogens is 572 g/mol. The van der Waals surface area contributed by atoms with Crippen LogP contribution in [0.5, 0.6) is 0 Å². The Morgan fingerprint density at radius 3 is 1.57 bits per heavy atom. The Kier molecular flexibility index (Phi) is 35.6. The first-order chi connectivity index (χ1) is 22.6. The fraction of sp³-hybridized carbons (Fsp3) is 0.756. The summed E-state index contributed by atoms with van der Waals surface area (Å²) in [4.78, 5) is 24.8. The summed E-state index contributed by atoms with van der Waals surface area (Å²) in [5.41, 5.74) is 0. The van der Waals surface area contributed by atoms with Gasteiger partial charge in [-0.25, -0.2) is 0 Å². The van der Waals surface area contributed by atoms with Crippen molar-refractivity contribution < 1.29 is 23.8 Å². The highest BCUT2D eigenvalue weighted by Gasteiger charge is 2.17. The summed E-state index contributed by atoms with van der Waals surface area (Å²) in [6.45, 7) is 7.58. The molecule has 0 aliphatic heterocycles. The van der Waals surface area contributed by atoms with E-state index in [1.165, 1.54) is 64.2 Å². The maximum atomic E-state index is 12.4. The summed E-state index contributed by atoms with van der Waals surface area (Å²) >= 11 is 0. The fourth-order valence-electron chi connectivity index (χ4n) is 5.03. The van der Waals surface area contributed by atoms with Crippen molar-refractivity contribution in [1.82, 2.24) is 0 Å². The molecule has 5 nitrogen and oxygen atoms in total. The van der Waals surface area contributed by atoms with Gasteiger partial charge in [-0.2, -0.15) is 0 Å². The molecular formula is C41H72O5. The second-order valence-corrected chi connectivity index (χ2v) is 12.5. The molecule has 0 aliphatic rings. The number of hydrogen-bond donors (Lipinski definition) is 0. The highest BCUT2D eigenvalue weighted by Crippen LogP contribution is 2.12. The highest BCUT2D eigenvalue weighted by molar-refractivity contribution is 5.70. The Bertz CT molecular complexity index is 782. The number of ether oxygens (including phenoxy) is 3. The Labute approximate surface area is 284 Å². The number of unbranched alkanes of at least 4 members (excludes halogenated alkanes) is 15. The lowest BCUT2D eigenvalue weighted by Crippen LogP contribution is -2.30. The predicted molar refractivity (Wildman–Crippen MR) is 196 cm³/mol. The molecule has 1 unspecified atom stereocenters. The van der Waals surface area contributed by atoms with Gasteiger partial charge in [-0.15, -0.1) is 0 Å². The highest BCUT2D eigenvalue weighted by atomic mass is 16.6. The Hall–Kier alpha value is -2.14. The molecule has 0 saturated carbocycles. The van der Waals surface area contributed by atoms with Gasteiger partial charge in [0.15, 0.2) is 6.10 Å². The largest absolute Gasteiger partial charge is 0.462 e. The van der Waals surface area contributed by atoms with E-state index in [1.54, 1.807) is 0 Å². The molecule has 0 saturated heterocycles. The van der Waals surface area contributed by atoms with Gasteiger partial charge < -0.3 is 14.2 Å². The molecule has 5 heteroatoms. The van der Waals surface area contributed by atoms with Crippen molar-refractivity contribution in [3.8, 4) is 0 Å². The van der Waals surface area contributed by atoms with Crippen LogP contribution in [0.4, 0.5) is 0 Å². The van der Waals surface area contributed by atoms with Crippen LogP contribution in [0.1, 0.15) is 175 Å². The third-order valence-electron chi connectivity index (χ3n) is 7.88. The van der Waals surface area contributed by atoms with Crippen molar-refractivity contribution in [1.29, 1.82) is 0 Å². The number of allylic oxidation sites excluding steroid dienone is 8. The molecule has 0 amide bonds. The predicted octanol–water partition coefficient (Wildman–Crippen LogP) is 12.1. The molecule has 0 rings (SSSR count). The molecule has 0 radical (unpaired) electrons. The molecule has 0 N–H and O–H groups in total. The van der Waals surface area contributed by atoms with Gasteiger partial charge in [0.2, 0.25) is 0 Å². The molecule has 0 aromatic rings. The van der Waals surface area contributed by atoms with E-state index in [-0.39, 0.29) is 25.2 Å². The SMILES string of the molecule is CC/C=C\C/C=C\C/C=C\C/C=C\CCCCC(=O)OCC(COCCCCCCCCCCCC)OC(=O)CCCCCCC. The van der Waals surface area contributed by atoms with Crippen molar-refractivity contribution in [2.24, 2.45) is 0 Å². The second kappa shape index (κ2) is 37.3. The lowest BCUT2D eigenvalue weighted by molar-refractivity contribution is -0.163. The maximum Gasteiger partial charge on any atom is 0.306 e. The fourth-order valence-corrected chi connectivity index (χ4v) is 5.03. The molecule has 266 valence electrons. The van der Waals surface area contributed by atoms with Crippen molar-refractivity contribution in [3.63, 3.8) is 0 Å². The third-order valence-corrected chi connectivity index (χ3v) is 7.88. The summed E-state index contributed by atoms with van der Waals surface area (Å²) in [6.07, 6.45) is 42.7. The van der Waals surface area contributed by atoms with Gasteiger partial charge in [0, 0.05) is 19.4 Å². The Morgan fingerprint density at radius 1 is 0.500 bits per heavy atom. The van der Waals surface area contributed by atoms with Gasteiger partial charge in [-0.1, -0.05) is 153 Å². The van der Waals surface area contributed by atoms with Crippen molar-refractivity contribution in [2.75, 3.05) is 19.8 Å². The first kappa shape index (κ1) is 43.9. The third kappa shape index (κ3) is 34.7. The minimum atomic E-state index is -0.542.